The van der Waals surface area contributed by atoms with Crippen molar-refractivity contribution in [1.82, 2.24) is 41.5 Å². The molecule has 3 aromatic rings. The van der Waals surface area contributed by atoms with Gasteiger partial charge in [0.15, 0.2) is 0 Å². The number of benzene rings is 1. The fourth-order valence-electron chi connectivity index (χ4n) is 6.99. The van der Waals surface area contributed by atoms with Gasteiger partial charge in [-0.15, -0.1) is 0 Å². The van der Waals surface area contributed by atoms with Crippen molar-refractivity contribution >= 4 is 82.7 Å². The number of ether oxygens (including phenoxy) is 3. The van der Waals surface area contributed by atoms with E-state index in [4.69, 9.17) is 20.3 Å². The summed E-state index contributed by atoms with van der Waals surface area (Å²) >= 11 is 3.24. The molecule has 4 unspecified atom stereocenters. The highest BCUT2D eigenvalue weighted by Gasteiger charge is 2.35. The molecule has 22 nitrogen and oxygen atoms in total. The quantitative estimate of drug-likeness (QED) is 0.0233. The Morgan fingerprint density at radius 2 is 1.61 bits per heavy atom. The fraction of sp³-hybridized carbons (Fsp3) is 0.620. The van der Waals surface area contributed by atoms with Gasteiger partial charge in [0.25, 0.3) is 17.9 Å². The number of rotatable bonds is 34. The molecule has 1 aromatic carbocycles. The summed E-state index contributed by atoms with van der Waals surface area (Å²) in [6, 6.07) is 5.91. The summed E-state index contributed by atoms with van der Waals surface area (Å²) in [5.74, 6) is -0.732. The Balaban J connectivity index is 0.000000546. The minimum Gasteiger partial charge on any atom is -0.480 e. The number of H-pyrrole nitrogens is 2. The molecule has 0 saturated heterocycles. The highest BCUT2D eigenvalue weighted by atomic mass is 32.2. The first-order chi connectivity index (χ1) is 35.2. The van der Waals surface area contributed by atoms with Crippen molar-refractivity contribution in [2.75, 3.05) is 70.5 Å². The van der Waals surface area contributed by atoms with Crippen LogP contribution in [0.2, 0.25) is 0 Å². The van der Waals surface area contributed by atoms with Gasteiger partial charge >= 0.3 is 5.97 Å². The first-order valence-corrected chi connectivity index (χ1v) is 26.8. The van der Waals surface area contributed by atoms with Gasteiger partial charge in [-0.1, -0.05) is 19.1 Å². The van der Waals surface area contributed by atoms with Gasteiger partial charge in [0.2, 0.25) is 17.8 Å². The van der Waals surface area contributed by atoms with E-state index < -0.39 is 23.7 Å². The summed E-state index contributed by atoms with van der Waals surface area (Å²) < 4.78 is 15.6. The van der Waals surface area contributed by atoms with Crippen LogP contribution in [-0.2, 0) is 55.8 Å². The Hall–Kier alpha value is -5.37. The van der Waals surface area contributed by atoms with Gasteiger partial charge in [-0.25, -0.2) is 4.79 Å². The van der Waals surface area contributed by atoms with Gasteiger partial charge in [0.1, 0.15) is 30.4 Å². The molecule has 74 heavy (non-hydrogen) atoms. The number of aryl methyl sites for hydroxylation is 2. The molecule has 4 atom stereocenters. The number of amides is 3. The van der Waals surface area contributed by atoms with Crippen LogP contribution < -0.4 is 37.9 Å². The van der Waals surface area contributed by atoms with Crippen LogP contribution in [0.15, 0.2) is 35.3 Å². The first kappa shape index (κ1) is 64.7. The van der Waals surface area contributed by atoms with Crippen molar-refractivity contribution in [1.29, 1.82) is 0 Å². The number of hydrogen-bond acceptors (Lipinski definition) is 18. The Morgan fingerprint density at radius 3 is 2.22 bits per heavy atom. The lowest BCUT2D eigenvalue weighted by atomic mass is 9.99. The number of anilines is 1. The first-order valence-electron chi connectivity index (χ1n) is 24.7. The molecule has 2 heterocycles. The summed E-state index contributed by atoms with van der Waals surface area (Å²) in [4.78, 5) is 103. The molecular weight excluding hydrogens is 999 g/mol. The lowest BCUT2D eigenvalue weighted by Gasteiger charge is -2.37. The second-order valence-corrected chi connectivity index (χ2v) is 21.3. The average Bonchev–Trinajstić information content (AvgIpc) is 3.77. The number of aliphatic hydroxyl groups is 1. The zero-order valence-corrected chi connectivity index (χ0v) is 45.4. The minimum absolute atomic E-state index is 0.0842. The number of aliphatic carboxylic acids is 1. The standard InChI is InChI=1S/C30H54N4O9S2.C19H21N5O3.CH4O/c1-7-21(36)16-31-19-43-30(5,6)11-10-26(37)33-23(28(39)40)18-45-25-9-8-24(25)44-17-22(34-29(2,3)4)27(38)32-12-13-41-14-15-42-20-35;20-19-23-16-15(18(27)24-19)14(11-22-16)8-5-12-3-6-13(7-4-12)17(26)21-9-1-2-10-25;1-2/h20,22-25,31,34H,7-19H2,1-6H3,(H,32,38)(H,33,37)(H,39,40);3-4,6-7,10-11H,1-2,5,8-9H2,(H,21,26)(H4,20,22,23,24,27);2H,1H3. The summed E-state index contributed by atoms with van der Waals surface area (Å²) in [5.41, 5.74) is 7.38. The number of nitrogens with zero attached hydrogens (tertiary/aromatic N) is 1. The van der Waals surface area contributed by atoms with E-state index in [-0.39, 0.29) is 89.7 Å². The highest BCUT2D eigenvalue weighted by molar-refractivity contribution is 8.04. The number of Topliss-reactive ketones (excluding diaryl/α,β-unsaturated/α-hetero) is 1. The molecule has 1 saturated carbocycles. The number of carboxylic acid groups (broad SMARTS) is 1. The van der Waals surface area contributed by atoms with Crippen LogP contribution in [0.4, 0.5) is 5.95 Å². The maximum absolute atomic E-state index is 12.9. The van der Waals surface area contributed by atoms with Gasteiger partial charge in [0, 0.05) is 78.8 Å². The topological polar surface area (TPSA) is 335 Å². The lowest BCUT2D eigenvalue weighted by Crippen LogP contribution is -2.53. The Kier molecular flexibility index (Phi) is 30.6. The van der Waals surface area contributed by atoms with Crippen molar-refractivity contribution < 1.29 is 58.0 Å². The molecule has 2 aromatic heterocycles. The number of nitrogens with two attached hydrogens (primary N) is 1. The predicted molar refractivity (Wildman–Crippen MR) is 287 cm³/mol. The summed E-state index contributed by atoms with van der Waals surface area (Å²) in [6.45, 7) is 13.8. The number of thioether (sulfide) groups is 2. The lowest BCUT2D eigenvalue weighted by molar-refractivity contribution is -0.141. The van der Waals surface area contributed by atoms with Crippen LogP contribution in [0, 0.1) is 0 Å². The maximum atomic E-state index is 12.9. The van der Waals surface area contributed by atoms with Gasteiger partial charge < -0.3 is 61.2 Å². The van der Waals surface area contributed by atoms with Gasteiger partial charge in [-0.3, -0.25) is 39.1 Å². The normalized spacial score (nSPS) is 14.9. The number of aromatic nitrogens is 3. The van der Waals surface area contributed by atoms with Crippen LogP contribution in [-0.4, -0.2) is 166 Å². The number of fused-ring (bicyclic) bond motifs is 1. The Labute approximate surface area is 441 Å². The number of aldehydes is 1. The average molecular weight is 1080 g/mol. The number of carbonyl (C=O) groups excluding carboxylic acids is 6. The zero-order valence-electron chi connectivity index (χ0n) is 43.8. The van der Waals surface area contributed by atoms with Gasteiger partial charge in [-0.2, -0.15) is 28.5 Å². The van der Waals surface area contributed by atoms with Crippen molar-refractivity contribution in [3.8, 4) is 0 Å². The molecule has 11 N–H and O–H groups in total. The van der Waals surface area contributed by atoms with Crippen LogP contribution in [0.3, 0.4) is 0 Å². The number of aromatic amines is 2. The van der Waals surface area contributed by atoms with Crippen molar-refractivity contribution in [3.63, 3.8) is 0 Å². The van der Waals surface area contributed by atoms with E-state index in [2.05, 4.69) is 46.3 Å². The van der Waals surface area contributed by atoms with Gasteiger partial charge in [0.05, 0.1) is 43.5 Å². The van der Waals surface area contributed by atoms with Crippen molar-refractivity contribution in [3.05, 3.63) is 57.5 Å². The molecule has 4 rings (SSSR count). The molecule has 0 bridgehead atoms. The molecule has 0 spiro atoms. The van der Waals surface area contributed by atoms with E-state index >= 15 is 0 Å². The zero-order chi connectivity index (χ0) is 55.1. The number of unbranched alkanes of at least 4 members (excludes halogenated alkanes) is 1. The molecule has 1 fully saturated rings. The molecular formula is C50H79N9O13S2. The number of aliphatic hydroxyl groups excluding tert-OH is 1. The van der Waals surface area contributed by atoms with E-state index in [9.17, 15) is 43.5 Å². The van der Waals surface area contributed by atoms with Gasteiger partial charge in [-0.05, 0) is 96.4 Å². The van der Waals surface area contributed by atoms with E-state index in [1.807, 2.05) is 46.8 Å². The van der Waals surface area contributed by atoms with E-state index in [0.29, 0.717) is 80.6 Å². The smallest absolute Gasteiger partial charge is 0.327 e. The van der Waals surface area contributed by atoms with Crippen LogP contribution >= 0.6 is 23.5 Å². The third-order valence-electron chi connectivity index (χ3n) is 11.2. The molecule has 414 valence electrons. The number of carboxylic acids is 1. The highest BCUT2D eigenvalue weighted by Crippen LogP contribution is 2.40. The molecule has 1 aliphatic rings. The fourth-order valence-corrected chi connectivity index (χ4v) is 10.1. The van der Waals surface area contributed by atoms with E-state index in [0.717, 1.165) is 43.8 Å². The SMILES string of the molecule is CCC(=O)CNCOC(C)(C)CCC(=O)NC(CSC1CCC1SCC(NC(C)(C)C)C(=O)NCCOCCOC=O)C(=O)O.CO.Nc1nc2[nH]cc(CCc3ccc(C(=O)NCCCC=O)cc3)c2c(=O)[nH]1. The van der Waals surface area contributed by atoms with E-state index in [1.165, 1.54) is 0 Å². The minimum atomic E-state index is -1.08. The molecule has 24 heteroatoms. The van der Waals surface area contributed by atoms with Crippen LogP contribution in [0.1, 0.15) is 108 Å². The predicted octanol–water partition coefficient (Wildman–Crippen LogP) is 2.65. The number of carbonyl (C=O) groups is 7. The Morgan fingerprint density at radius 1 is 0.932 bits per heavy atom. The largest absolute Gasteiger partial charge is 0.480 e. The second-order valence-electron chi connectivity index (χ2n) is 18.7. The summed E-state index contributed by atoms with van der Waals surface area (Å²) in [6.07, 6.45) is 7.95. The van der Waals surface area contributed by atoms with E-state index in [1.54, 1.807) is 48.8 Å². The number of nitrogens with one attached hydrogen (secondary N) is 7. The molecule has 0 aliphatic heterocycles. The van der Waals surface area contributed by atoms with Crippen LogP contribution in [0.5, 0.6) is 0 Å². The maximum Gasteiger partial charge on any atom is 0.327 e. The number of nitrogen functional groups attached to an aromatic ring is 1. The monoisotopic (exact) mass is 1080 g/mol. The third-order valence-corrected chi connectivity index (χ3v) is 14.4. The van der Waals surface area contributed by atoms with Crippen molar-refractivity contribution in [2.24, 2.45) is 0 Å². The molecule has 1 aliphatic carbocycles. The second kappa shape index (κ2) is 35.0. The number of hydrogen-bond donors (Lipinski definition) is 10. The molecule has 0 radical (unpaired) electrons. The van der Waals surface area contributed by atoms with Crippen molar-refractivity contribution in [2.45, 2.75) is 133 Å². The summed E-state index contributed by atoms with van der Waals surface area (Å²) in [5, 5.41) is 32.4. The molecule has 3 amide bonds. The number of ketones is 1. The summed E-state index contributed by atoms with van der Waals surface area (Å²) in [7, 11) is 1.00. The Bertz CT molecular complexity index is 2250. The van der Waals surface area contributed by atoms with Crippen LogP contribution in [0.25, 0.3) is 11.0 Å². The third kappa shape index (κ3) is 25.7.